The van der Waals surface area contributed by atoms with Crippen molar-refractivity contribution in [1.29, 1.82) is 0 Å². The van der Waals surface area contributed by atoms with Gasteiger partial charge >= 0.3 is 6.03 Å². The molecule has 8 nitrogen and oxygen atoms in total. The van der Waals surface area contributed by atoms with E-state index in [0.717, 1.165) is 41.3 Å². The van der Waals surface area contributed by atoms with Crippen LogP contribution in [-0.2, 0) is 9.59 Å². The molecule has 146 valence electrons. The van der Waals surface area contributed by atoms with Gasteiger partial charge in [0.1, 0.15) is 12.1 Å². The second kappa shape index (κ2) is 7.31. The molecule has 1 aromatic carbocycles. The van der Waals surface area contributed by atoms with Crippen LogP contribution in [0.4, 0.5) is 9.93 Å². The number of nitrogens with one attached hydrogen (secondary N) is 2. The summed E-state index contributed by atoms with van der Waals surface area (Å²) in [6.45, 7) is 1.65. The number of urea groups is 1. The minimum absolute atomic E-state index is 0.0577. The van der Waals surface area contributed by atoms with Gasteiger partial charge < -0.3 is 5.32 Å². The zero-order valence-electron chi connectivity index (χ0n) is 15.5. The molecule has 28 heavy (non-hydrogen) atoms. The first-order valence-corrected chi connectivity index (χ1v) is 10.1. The number of aromatic nitrogens is 2. The van der Waals surface area contributed by atoms with E-state index in [2.05, 4.69) is 20.0 Å². The van der Waals surface area contributed by atoms with Gasteiger partial charge in [-0.3, -0.25) is 19.8 Å². The Hall–Kier alpha value is -2.81. The third-order valence-corrected chi connectivity index (χ3v) is 6.14. The maximum absolute atomic E-state index is 12.9. The SMILES string of the molecule is CC1CCCCC12NC(=O)N(CC(=O)Nc1nc(-c3ccccc3)ns1)C2=O. The van der Waals surface area contributed by atoms with Gasteiger partial charge in [0.15, 0.2) is 5.82 Å². The topological polar surface area (TPSA) is 104 Å². The predicted octanol–water partition coefficient (Wildman–Crippen LogP) is 2.64. The standard InChI is InChI=1S/C19H21N5O3S/c1-12-7-5-6-10-19(12)16(26)24(18(27)22-19)11-14(25)20-17-21-15(23-28-17)13-8-3-2-4-9-13/h2-4,8-9,12H,5-7,10-11H2,1H3,(H,22,27)(H,20,21,23,25). The summed E-state index contributed by atoms with van der Waals surface area (Å²) in [5.41, 5.74) is -0.0136. The summed E-state index contributed by atoms with van der Waals surface area (Å²) < 4.78 is 4.24. The van der Waals surface area contributed by atoms with Crippen molar-refractivity contribution in [3.63, 3.8) is 0 Å². The highest BCUT2D eigenvalue weighted by molar-refractivity contribution is 7.10. The number of hydrogen-bond acceptors (Lipinski definition) is 6. The fraction of sp³-hybridized carbons (Fsp3) is 0.421. The van der Waals surface area contributed by atoms with E-state index in [4.69, 9.17) is 0 Å². The van der Waals surface area contributed by atoms with Crippen LogP contribution in [0.25, 0.3) is 11.4 Å². The lowest BCUT2D eigenvalue weighted by Crippen LogP contribution is -2.54. The van der Waals surface area contributed by atoms with Crippen LogP contribution in [0.3, 0.4) is 0 Å². The Bertz CT molecular complexity index is 915. The second-order valence-corrected chi connectivity index (χ2v) is 8.03. The summed E-state index contributed by atoms with van der Waals surface area (Å²) in [4.78, 5) is 43.0. The van der Waals surface area contributed by atoms with E-state index in [1.807, 2.05) is 37.3 Å². The molecule has 2 aromatic rings. The Morgan fingerprint density at radius 3 is 2.86 bits per heavy atom. The molecule has 0 radical (unpaired) electrons. The quantitative estimate of drug-likeness (QED) is 0.769. The van der Waals surface area contributed by atoms with Gasteiger partial charge in [-0.25, -0.2) is 4.79 Å². The van der Waals surface area contributed by atoms with Gasteiger partial charge in [-0.05, 0) is 18.8 Å². The second-order valence-electron chi connectivity index (χ2n) is 7.28. The fourth-order valence-electron chi connectivity index (χ4n) is 3.92. The van der Waals surface area contributed by atoms with Gasteiger partial charge in [0, 0.05) is 17.1 Å². The van der Waals surface area contributed by atoms with Crippen molar-refractivity contribution in [1.82, 2.24) is 19.6 Å². The largest absolute Gasteiger partial charge is 0.325 e. The molecular formula is C19H21N5O3S. The van der Waals surface area contributed by atoms with Crippen molar-refractivity contribution in [2.24, 2.45) is 5.92 Å². The molecule has 4 rings (SSSR count). The average molecular weight is 399 g/mol. The first-order chi connectivity index (χ1) is 13.5. The molecule has 2 N–H and O–H groups in total. The van der Waals surface area contributed by atoms with Crippen LogP contribution < -0.4 is 10.6 Å². The highest BCUT2D eigenvalue weighted by Gasteiger charge is 2.55. The summed E-state index contributed by atoms with van der Waals surface area (Å²) in [6.07, 6.45) is 3.45. The lowest BCUT2D eigenvalue weighted by Gasteiger charge is -2.36. The van der Waals surface area contributed by atoms with Crippen LogP contribution in [0, 0.1) is 5.92 Å². The van der Waals surface area contributed by atoms with E-state index >= 15 is 0 Å². The summed E-state index contributed by atoms with van der Waals surface area (Å²) in [5.74, 6) is -0.199. The number of anilines is 1. The molecule has 1 saturated heterocycles. The molecule has 9 heteroatoms. The van der Waals surface area contributed by atoms with Crippen LogP contribution >= 0.6 is 11.5 Å². The van der Waals surface area contributed by atoms with Crippen molar-refractivity contribution < 1.29 is 14.4 Å². The first-order valence-electron chi connectivity index (χ1n) is 9.33. The van der Waals surface area contributed by atoms with E-state index in [9.17, 15) is 14.4 Å². The maximum Gasteiger partial charge on any atom is 0.325 e. The van der Waals surface area contributed by atoms with Crippen molar-refractivity contribution in [3.8, 4) is 11.4 Å². The van der Waals surface area contributed by atoms with Gasteiger partial charge in [0.05, 0.1) is 0 Å². The first kappa shape index (κ1) is 18.5. The number of nitrogens with zero attached hydrogens (tertiary/aromatic N) is 3. The summed E-state index contributed by atoms with van der Waals surface area (Å²) in [6, 6.07) is 8.92. The third-order valence-electron chi connectivity index (χ3n) is 5.51. The number of carbonyl (C=O) groups is 3. The molecule has 1 aliphatic heterocycles. The van der Waals surface area contributed by atoms with Crippen molar-refractivity contribution in [2.45, 2.75) is 38.1 Å². The number of carbonyl (C=O) groups excluding carboxylic acids is 3. The Balaban J connectivity index is 1.42. The van der Waals surface area contributed by atoms with Crippen molar-refractivity contribution in [2.75, 3.05) is 11.9 Å². The number of amides is 4. The van der Waals surface area contributed by atoms with E-state index in [0.29, 0.717) is 17.4 Å². The molecule has 2 atom stereocenters. The van der Waals surface area contributed by atoms with Gasteiger partial charge in [0.2, 0.25) is 11.0 Å². The Labute approximate surface area is 166 Å². The molecule has 2 unspecified atom stereocenters. The van der Waals surface area contributed by atoms with Gasteiger partial charge in [-0.15, -0.1) is 0 Å². The number of hydrogen-bond donors (Lipinski definition) is 2. The molecule has 1 aliphatic carbocycles. The summed E-state index contributed by atoms with van der Waals surface area (Å²) >= 11 is 1.06. The Morgan fingerprint density at radius 1 is 1.32 bits per heavy atom. The smallest absolute Gasteiger partial charge is 0.323 e. The lowest BCUT2D eigenvalue weighted by atomic mass is 9.73. The minimum atomic E-state index is -0.862. The number of benzene rings is 1. The van der Waals surface area contributed by atoms with E-state index in [-0.39, 0.29) is 18.4 Å². The molecule has 1 spiro atoms. The van der Waals surface area contributed by atoms with E-state index in [1.165, 1.54) is 0 Å². The minimum Gasteiger partial charge on any atom is -0.323 e. The molecular weight excluding hydrogens is 378 g/mol. The highest BCUT2D eigenvalue weighted by Crippen LogP contribution is 2.38. The molecule has 1 saturated carbocycles. The van der Waals surface area contributed by atoms with Crippen molar-refractivity contribution >= 4 is 34.5 Å². The van der Waals surface area contributed by atoms with Gasteiger partial charge in [-0.1, -0.05) is 50.1 Å². The zero-order valence-corrected chi connectivity index (χ0v) is 16.3. The molecule has 4 amide bonds. The predicted molar refractivity (Wildman–Crippen MR) is 105 cm³/mol. The van der Waals surface area contributed by atoms with Crippen LogP contribution in [0.2, 0.25) is 0 Å². The molecule has 0 bridgehead atoms. The number of rotatable bonds is 4. The summed E-state index contributed by atoms with van der Waals surface area (Å²) in [5, 5.41) is 5.81. The van der Waals surface area contributed by atoms with Gasteiger partial charge in [0.25, 0.3) is 5.91 Å². The lowest BCUT2D eigenvalue weighted by molar-refractivity contribution is -0.136. The monoisotopic (exact) mass is 399 g/mol. The molecule has 2 fully saturated rings. The fourth-order valence-corrected chi connectivity index (χ4v) is 4.53. The third kappa shape index (κ3) is 3.26. The van der Waals surface area contributed by atoms with Crippen LogP contribution in [0.5, 0.6) is 0 Å². The maximum atomic E-state index is 12.9. The Morgan fingerprint density at radius 2 is 2.11 bits per heavy atom. The van der Waals surface area contributed by atoms with E-state index < -0.39 is 17.5 Å². The van der Waals surface area contributed by atoms with Crippen LogP contribution in [0.15, 0.2) is 30.3 Å². The van der Waals surface area contributed by atoms with Crippen LogP contribution in [-0.4, -0.2) is 44.2 Å². The van der Waals surface area contributed by atoms with E-state index in [1.54, 1.807) is 0 Å². The van der Waals surface area contributed by atoms with Gasteiger partial charge in [-0.2, -0.15) is 9.36 Å². The zero-order chi connectivity index (χ0) is 19.7. The van der Waals surface area contributed by atoms with Crippen LogP contribution in [0.1, 0.15) is 32.6 Å². The molecule has 2 heterocycles. The molecule has 2 aliphatic rings. The summed E-state index contributed by atoms with van der Waals surface area (Å²) in [7, 11) is 0. The Kier molecular flexibility index (Phi) is 4.84. The normalized spacial score (nSPS) is 24.5. The molecule has 1 aromatic heterocycles. The number of imide groups is 1. The highest BCUT2D eigenvalue weighted by atomic mass is 32.1. The average Bonchev–Trinajstić information content (AvgIpc) is 3.24. The van der Waals surface area contributed by atoms with Crippen molar-refractivity contribution in [3.05, 3.63) is 30.3 Å².